The Balaban J connectivity index is 2.57. The fourth-order valence-corrected chi connectivity index (χ4v) is 1.31. The van der Waals surface area contributed by atoms with Gasteiger partial charge in [0, 0.05) is 18.4 Å². The summed E-state index contributed by atoms with van der Waals surface area (Å²) in [4.78, 5) is 11.3. The van der Waals surface area contributed by atoms with Crippen molar-refractivity contribution in [2.45, 2.75) is 32.4 Å². The van der Waals surface area contributed by atoms with E-state index in [0.717, 1.165) is 5.69 Å². The summed E-state index contributed by atoms with van der Waals surface area (Å²) in [5.74, 6) is -0.396. The Labute approximate surface area is 89.2 Å². The minimum Gasteiger partial charge on any atom is -0.468 e. The van der Waals surface area contributed by atoms with Crippen LogP contribution in [-0.4, -0.2) is 28.4 Å². The van der Waals surface area contributed by atoms with Crippen molar-refractivity contribution in [1.82, 2.24) is 9.78 Å². The van der Waals surface area contributed by atoms with Crippen LogP contribution in [0.15, 0.2) is 12.3 Å². The Kier molecular flexibility index (Phi) is 3.47. The molecule has 0 aliphatic heterocycles. The van der Waals surface area contributed by atoms with Gasteiger partial charge >= 0.3 is 5.97 Å². The first-order valence-electron chi connectivity index (χ1n) is 4.83. The molecule has 0 bridgehead atoms. The predicted molar refractivity (Wildman–Crippen MR) is 56.2 cm³/mol. The van der Waals surface area contributed by atoms with Gasteiger partial charge in [0.25, 0.3) is 0 Å². The predicted octanol–water partition coefficient (Wildman–Crippen LogP) is 0.472. The Bertz CT molecular complexity index is 344. The van der Waals surface area contributed by atoms with Crippen LogP contribution >= 0.6 is 0 Å². The van der Waals surface area contributed by atoms with Crippen molar-refractivity contribution in [1.29, 1.82) is 0 Å². The van der Waals surface area contributed by atoms with E-state index in [2.05, 4.69) is 9.84 Å². The molecule has 0 saturated heterocycles. The second-order valence-electron chi connectivity index (χ2n) is 3.85. The van der Waals surface area contributed by atoms with Crippen molar-refractivity contribution in [2.24, 2.45) is 5.73 Å². The van der Waals surface area contributed by atoms with E-state index in [-0.39, 0.29) is 0 Å². The summed E-state index contributed by atoms with van der Waals surface area (Å²) < 4.78 is 6.44. The van der Waals surface area contributed by atoms with Crippen LogP contribution in [0, 0.1) is 6.92 Å². The van der Waals surface area contributed by atoms with Gasteiger partial charge < -0.3 is 10.5 Å². The molecule has 0 radical (unpaired) electrons. The molecule has 1 aromatic heterocycles. The third-order valence-electron chi connectivity index (χ3n) is 2.42. The van der Waals surface area contributed by atoms with E-state index in [4.69, 9.17) is 5.73 Å². The number of hydrogen-bond acceptors (Lipinski definition) is 4. The topological polar surface area (TPSA) is 70.1 Å². The highest BCUT2D eigenvalue weighted by Crippen LogP contribution is 2.10. The van der Waals surface area contributed by atoms with Gasteiger partial charge in [-0.1, -0.05) is 0 Å². The lowest BCUT2D eigenvalue weighted by molar-refractivity contribution is -0.146. The molecule has 84 valence electrons. The fourth-order valence-electron chi connectivity index (χ4n) is 1.31. The maximum absolute atomic E-state index is 11.3. The number of aromatic nitrogens is 2. The van der Waals surface area contributed by atoms with Gasteiger partial charge in [-0.15, -0.1) is 0 Å². The summed E-state index contributed by atoms with van der Waals surface area (Å²) in [5.41, 5.74) is 5.92. The molecule has 1 unspecified atom stereocenters. The normalized spacial score (nSPS) is 14.7. The molecule has 0 aliphatic rings. The standard InChI is InChI=1S/C10H17N3O2/c1-8-4-6-12-13(8)7-5-10(2,11)9(14)15-3/h4,6H,5,7,11H2,1-3H3. The van der Waals surface area contributed by atoms with Crippen molar-refractivity contribution >= 4 is 5.97 Å². The van der Waals surface area contributed by atoms with E-state index in [9.17, 15) is 4.79 Å². The SMILES string of the molecule is COC(=O)C(C)(N)CCn1nccc1C. The molecule has 1 aromatic rings. The quantitative estimate of drug-likeness (QED) is 0.735. The van der Waals surface area contributed by atoms with E-state index in [1.807, 2.05) is 17.7 Å². The van der Waals surface area contributed by atoms with Crippen molar-refractivity contribution in [3.63, 3.8) is 0 Å². The third kappa shape index (κ3) is 2.79. The average molecular weight is 211 g/mol. The number of aryl methyl sites for hydroxylation is 2. The lowest BCUT2D eigenvalue weighted by Crippen LogP contribution is -2.46. The molecule has 5 nitrogen and oxygen atoms in total. The van der Waals surface area contributed by atoms with Gasteiger partial charge in [-0.2, -0.15) is 5.10 Å². The second-order valence-corrected chi connectivity index (χ2v) is 3.85. The summed E-state index contributed by atoms with van der Waals surface area (Å²) in [6.07, 6.45) is 2.23. The van der Waals surface area contributed by atoms with Crippen LogP contribution < -0.4 is 5.73 Å². The van der Waals surface area contributed by atoms with E-state index < -0.39 is 11.5 Å². The Morgan fingerprint density at radius 1 is 1.73 bits per heavy atom. The average Bonchev–Trinajstić information content (AvgIpc) is 2.60. The molecular weight excluding hydrogens is 194 g/mol. The fraction of sp³-hybridized carbons (Fsp3) is 0.600. The number of hydrogen-bond donors (Lipinski definition) is 1. The second kappa shape index (κ2) is 4.44. The molecule has 1 heterocycles. The number of carbonyl (C=O) groups excluding carboxylic acids is 1. The van der Waals surface area contributed by atoms with Crippen molar-refractivity contribution in [3.05, 3.63) is 18.0 Å². The van der Waals surface area contributed by atoms with Crippen LogP contribution in [0.1, 0.15) is 19.0 Å². The Hall–Kier alpha value is -1.36. The van der Waals surface area contributed by atoms with Gasteiger partial charge in [-0.05, 0) is 26.3 Å². The Morgan fingerprint density at radius 3 is 2.87 bits per heavy atom. The molecule has 0 aromatic carbocycles. The monoisotopic (exact) mass is 211 g/mol. The molecule has 1 rings (SSSR count). The van der Waals surface area contributed by atoms with Gasteiger partial charge in [-0.25, -0.2) is 0 Å². The lowest BCUT2D eigenvalue weighted by Gasteiger charge is -2.21. The first-order valence-corrected chi connectivity index (χ1v) is 4.83. The molecule has 0 saturated carbocycles. The van der Waals surface area contributed by atoms with Gasteiger partial charge in [0.15, 0.2) is 0 Å². The molecule has 0 amide bonds. The van der Waals surface area contributed by atoms with E-state index in [1.54, 1.807) is 13.1 Å². The molecular formula is C10H17N3O2. The minimum absolute atomic E-state index is 0.396. The van der Waals surface area contributed by atoms with Gasteiger partial charge in [0.2, 0.25) is 0 Å². The largest absolute Gasteiger partial charge is 0.468 e. The summed E-state index contributed by atoms with van der Waals surface area (Å²) in [6.45, 7) is 4.23. The number of nitrogens with zero attached hydrogens (tertiary/aromatic N) is 2. The van der Waals surface area contributed by atoms with E-state index in [0.29, 0.717) is 13.0 Å². The van der Waals surface area contributed by atoms with E-state index in [1.165, 1.54) is 7.11 Å². The zero-order valence-corrected chi connectivity index (χ0v) is 9.36. The van der Waals surface area contributed by atoms with Crippen LogP contribution in [0.2, 0.25) is 0 Å². The number of methoxy groups -OCH3 is 1. The summed E-state index contributed by atoms with van der Waals surface area (Å²) in [7, 11) is 1.34. The third-order valence-corrected chi connectivity index (χ3v) is 2.42. The maximum Gasteiger partial charge on any atom is 0.325 e. The van der Waals surface area contributed by atoms with Crippen molar-refractivity contribution in [3.8, 4) is 0 Å². The first-order chi connectivity index (χ1) is 6.97. The Morgan fingerprint density at radius 2 is 2.40 bits per heavy atom. The van der Waals surface area contributed by atoms with Crippen LogP contribution in [0.25, 0.3) is 0 Å². The number of esters is 1. The van der Waals surface area contributed by atoms with Gasteiger partial charge in [0.05, 0.1) is 7.11 Å². The minimum atomic E-state index is -0.951. The molecule has 0 aliphatic carbocycles. The molecule has 0 fully saturated rings. The van der Waals surface area contributed by atoms with E-state index >= 15 is 0 Å². The molecule has 15 heavy (non-hydrogen) atoms. The number of ether oxygens (including phenoxy) is 1. The van der Waals surface area contributed by atoms with Crippen LogP contribution in [0.5, 0.6) is 0 Å². The van der Waals surface area contributed by atoms with Crippen LogP contribution in [-0.2, 0) is 16.1 Å². The van der Waals surface area contributed by atoms with Gasteiger partial charge in [-0.3, -0.25) is 9.48 Å². The molecule has 2 N–H and O–H groups in total. The summed E-state index contributed by atoms with van der Waals surface area (Å²) >= 11 is 0. The van der Waals surface area contributed by atoms with Crippen molar-refractivity contribution < 1.29 is 9.53 Å². The summed E-state index contributed by atoms with van der Waals surface area (Å²) in [6, 6.07) is 1.91. The smallest absolute Gasteiger partial charge is 0.325 e. The lowest BCUT2D eigenvalue weighted by atomic mass is 10.00. The van der Waals surface area contributed by atoms with Gasteiger partial charge in [0.1, 0.15) is 5.54 Å². The zero-order chi connectivity index (χ0) is 11.5. The van der Waals surface area contributed by atoms with Crippen molar-refractivity contribution in [2.75, 3.05) is 7.11 Å². The number of nitrogens with two attached hydrogens (primary N) is 1. The number of rotatable bonds is 4. The number of carbonyl (C=O) groups is 1. The molecule has 0 spiro atoms. The highest BCUT2D eigenvalue weighted by atomic mass is 16.5. The maximum atomic E-state index is 11.3. The summed E-state index contributed by atoms with van der Waals surface area (Å²) in [5, 5.41) is 4.11. The molecule has 1 atom stereocenters. The highest BCUT2D eigenvalue weighted by Gasteiger charge is 2.29. The highest BCUT2D eigenvalue weighted by molar-refractivity contribution is 5.79. The first kappa shape index (κ1) is 11.7. The van der Waals surface area contributed by atoms with Crippen LogP contribution in [0.4, 0.5) is 0 Å². The zero-order valence-electron chi connectivity index (χ0n) is 9.36. The molecule has 5 heteroatoms. The van der Waals surface area contributed by atoms with Crippen LogP contribution in [0.3, 0.4) is 0 Å².